The average molecular weight is 208 g/mol. The largest absolute Gasteiger partial charge is 0.504 e. The predicted molar refractivity (Wildman–Crippen MR) is 50.5 cm³/mol. The number of aliphatic carboxylic acids is 1. The number of aromatic hydroxyl groups is 1. The summed E-state index contributed by atoms with van der Waals surface area (Å²) >= 11 is 0. The molecule has 1 aromatic rings. The highest BCUT2D eigenvalue weighted by atomic mass is 16.5. The quantitative estimate of drug-likeness (QED) is 0.438. The molecule has 2 N–H and O–H groups in total. The van der Waals surface area contributed by atoms with Crippen molar-refractivity contribution in [1.29, 1.82) is 0 Å². The number of carbonyl (C=O) groups excluding carboxylic acids is 1. The maximum absolute atomic E-state index is 11.0. The van der Waals surface area contributed by atoms with Crippen LogP contribution in [0.3, 0.4) is 0 Å². The summed E-state index contributed by atoms with van der Waals surface area (Å²) in [7, 11) is 0. The minimum absolute atomic E-state index is 0.0162. The van der Waals surface area contributed by atoms with E-state index < -0.39 is 11.9 Å². The Labute approximate surface area is 85.2 Å². The molecule has 5 heteroatoms. The molecule has 0 saturated carbocycles. The van der Waals surface area contributed by atoms with Crippen molar-refractivity contribution in [2.45, 2.75) is 0 Å². The van der Waals surface area contributed by atoms with Crippen LogP contribution >= 0.6 is 0 Å². The van der Waals surface area contributed by atoms with Crippen molar-refractivity contribution in [3.63, 3.8) is 0 Å². The molecule has 0 spiro atoms. The van der Waals surface area contributed by atoms with Gasteiger partial charge in [-0.2, -0.15) is 0 Å². The van der Waals surface area contributed by atoms with Gasteiger partial charge >= 0.3 is 11.9 Å². The Hall–Kier alpha value is -2.30. The van der Waals surface area contributed by atoms with Crippen LogP contribution in [0.15, 0.2) is 36.4 Å². The first-order chi connectivity index (χ1) is 7.09. The number of carbonyl (C=O) groups is 2. The highest BCUT2D eigenvalue weighted by molar-refractivity contribution is 5.91. The van der Waals surface area contributed by atoms with Crippen LogP contribution in [0.5, 0.6) is 11.5 Å². The molecule has 0 aromatic heterocycles. The lowest BCUT2D eigenvalue weighted by atomic mass is 10.3. The highest BCUT2D eigenvalue weighted by Crippen LogP contribution is 2.24. The van der Waals surface area contributed by atoms with Gasteiger partial charge in [-0.1, -0.05) is 12.1 Å². The van der Waals surface area contributed by atoms with E-state index in [1.54, 1.807) is 12.1 Å². The highest BCUT2D eigenvalue weighted by Gasteiger charge is 2.04. The standard InChI is InChI=1S/C10H8O5/c11-7-3-1-2-4-8(7)15-10(14)6-5-9(12)13/h1-6,11H,(H,12,13)/b6-5+. The van der Waals surface area contributed by atoms with Gasteiger partial charge in [-0.05, 0) is 12.1 Å². The maximum atomic E-state index is 11.0. The third-order valence-corrected chi connectivity index (χ3v) is 1.44. The zero-order chi connectivity index (χ0) is 11.3. The lowest BCUT2D eigenvalue weighted by Gasteiger charge is -2.02. The number of para-hydroxylation sites is 2. The molecule has 0 amide bonds. The SMILES string of the molecule is O=C(O)/C=C/C(=O)Oc1ccccc1O. The Balaban J connectivity index is 2.67. The number of hydrogen-bond donors (Lipinski definition) is 2. The second-order valence-corrected chi connectivity index (χ2v) is 2.56. The summed E-state index contributed by atoms with van der Waals surface area (Å²) < 4.78 is 4.66. The first-order valence-electron chi connectivity index (χ1n) is 4.00. The Bertz CT molecular complexity index is 408. The number of phenolic OH excluding ortho intramolecular Hbond substituents is 1. The van der Waals surface area contributed by atoms with Crippen molar-refractivity contribution in [2.24, 2.45) is 0 Å². The van der Waals surface area contributed by atoms with E-state index in [1.165, 1.54) is 12.1 Å². The third kappa shape index (κ3) is 3.51. The monoisotopic (exact) mass is 208 g/mol. The third-order valence-electron chi connectivity index (χ3n) is 1.44. The fourth-order valence-corrected chi connectivity index (χ4v) is 0.825. The van der Waals surface area contributed by atoms with E-state index in [1.807, 2.05) is 0 Å². The molecule has 0 radical (unpaired) electrons. The first kappa shape index (κ1) is 10.8. The van der Waals surface area contributed by atoms with Crippen molar-refractivity contribution in [3.8, 4) is 11.5 Å². The summed E-state index contributed by atoms with van der Waals surface area (Å²) in [5, 5.41) is 17.5. The van der Waals surface area contributed by atoms with Crippen molar-refractivity contribution < 1.29 is 24.5 Å². The second kappa shape index (κ2) is 4.80. The minimum atomic E-state index is -1.25. The molecule has 1 rings (SSSR count). The Morgan fingerprint density at radius 3 is 2.47 bits per heavy atom. The van der Waals surface area contributed by atoms with Crippen LogP contribution in [-0.2, 0) is 9.59 Å². The van der Waals surface area contributed by atoms with Crippen molar-refractivity contribution in [1.82, 2.24) is 0 Å². The lowest BCUT2D eigenvalue weighted by Crippen LogP contribution is -2.04. The Kier molecular flexibility index (Phi) is 3.45. The van der Waals surface area contributed by atoms with Crippen LogP contribution in [0.2, 0.25) is 0 Å². The number of ether oxygens (including phenoxy) is 1. The topological polar surface area (TPSA) is 83.8 Å². The predicted octanol–water partition coefficient (Wildman–Crippen LogP) is 0.938. The van der Waals surface area contributed by atoms with E-state index in [0.717, 1.165) is 6.08 Å². The zero-order valence-electron chi connectivity index (χ0n) is 7.58. The summed E-state index contributed by atoms with van der Waals surface area (Å²) in [6.07, 6.45) is 1.41. The van der Waals surface area contributed by atoms with E-state index in [4.69, 9.17) is 5.11 Å². The van der Waals surface area contributed by atoms with E-state index in [9.17, 15) is 14.7 Å². The van der Waals surface area contributed by atoms with Crippen LogP contribution in [0.25, 0.3) is 0 Å². The zero-order valence-corrected chi connectivity index (χ0v) is 7.58. The van der Waals surface area contributed by atoms with Crippen molar-refractivity contribution in [2.75, 3.05) is 0 Å². The fourth-order valence-electron chi connectivity index (χ4n) is 0.825. The maximum Gasteiger partial charge on any atom is 0.336 e. The number of esters is 1. The molecule has 0 heterocycles. The van der Waals surface area contributed by atoms with E-state index in [0.29, 0.717) is 6.08 Å². The molecule has 15 heavy (non-hydrogen) atoms. The molecule has 0 bridgehead atoms. The molecule has 78 valence electrons. The summed E-state index contributed by atoms with van der Waals surface area (Å²) in [4.78, 5) is 21.1. The molecular weight excluding hydrogens is 200 g/mol. The van der Waals surface area contributed by atoms with Crippen LogP contribution < -0.4 is 4.74 Å². The lowest BCUT2D eigenvalue weighted by molar-refractivity contribution is -0.133. The van der Waals surface area contributed by atoms with Crippen LogP contribution in [0.4, 0.5) is 0 Å². The van der Waals surface area contributed by atoms with Gasteiger partial charge in [0.15, 0.2) is 11.5 Å². The molecule has 0 aliphatic carbocycles. The van der Waals surface area contributed by atoms with E-state index in [-0.39, 0.29) is 11.5 Å². The molecule has 0 aliphatic rings. The van der Waals surface area contributed by atoms with Gasteiger partial charge in [0.05, 0.1) is 0 Å². The second-order valence-electron chi connectivity index (χ2n) is 2.56. The Morgan fingerprint density at radius 1 is 1.20 bits per heavy atom. The average Bonchev–Trinajstić information content (AvgIpc) is 2.18. The molecule has 0 aliphatic heterocycles. The van der Waals surface area contributed by atoms with Crippen molar-refractivity contribution in [3.05, 3.63) is 36.4 Å². The van der Waals surface area contributed by atoms with Gasteiger partial charge in [0.1, 0.15) is 0 Å². The Morgan fingerprint density at radius 2 is 1.87 bits per heavy atom. The number of hydrogen-bond acceptors (Lipinski definition) is 4. The molecule has 0 atom stereocenters. The number of benzene rings is 1. The summed E-state index contributed by atoms with van der Waals surface area (Å²) in [6.45, 7) is 0. The smallest absolute Gasteiger partial charge is 0.336 e. The summed E-state index contributed by atoms with van der Waals surface area (Å²) in [6, 6.07) is 5.88. The molecule has 0 fully saturated rings. The number of rotatable bonds is 3. The van der Waals surface area contributed by atoms with Gasteiger partial charge < -0.3 is 14.9 Å². The van der Waals surface area contributed by atoms with E-state index in [2.05, 4.69) is 4.74 Å². The van der Waals surface area contributed by atoms with E-state index >= 15 is 0 Å². The van der Waals surface area contributed by atoms with Crippen LogP contribution in [0, 0.1) is 0 Å². The molecule has 0 unspecified atom stereocenters. The normalized spacial score (nSPS) is 10.1. The van der Waals surface area contributed by atoms with Crippen LogP contribution in [0.1, 0.15) is 0 Å². The van der Waals surface area contributed by atoms with Gasteiger partial charge in [-0.15, -0.1) is 0 Å². The van der Waals surface area contributed by atoms with Gasteiger partial charge in [0, 0.05) is 12.2 Å². The summed E-state index contributed by atoms with van der Waals surface area (Å²) in [5.74, 6) is -2.31. The first-order valence-corrected chi connectivity index (χ1v) is 4.00. The minimum Gasteiger partial charge on any atom is -0.504 e. The molecule has 0 saturated heterocycles. The van der Waals surface area contributed by atoms with Gasteiger partial charge in [-0.25, -0.2) is 9.59 Å². The van der Waals surface area contributed by atoms with Crippen molar-refractivity contribution >= 4 is 11.9 Å². The summed E-state index contributed by atoms with van der Waals surface area (Å²) in [5.41, 5.74) is 0. The number of carboxylic acid groups (broad SMARTS) is 1. The molecule has 5 nitrogen and oxygen atoms in total. The number of phenols is 1. The van der Waals surface area contributed by atoms with Gasteiger partial charge in [-0.3, -0.25) is 0 Å². The van der Waals surface area contributed by atoms with Gasteiger partial charge in [0.2, 0.25) is 0 Å². The molecule has 1 aromatic carbocycles. The van der Waals surface area contributed by atoms with Gasteiger partial charge in [0.25, 0.3) is 0 Å². The molecular formula is C10H8O5. The fraction of sp³-hybridized carbons (Fsp3) is 0. The van der Waals surface area contributed by atoms with Crippen LogP contribution in [-0.4, -0.2) is 22.2 Å². The number of carboxylic acids is 1.